The molecule has 0 fully saturated rings. The summed E-state index contributed by atoms with van der Waals surface area (Å²) in [5, 5.41) is 10.1. The molecule has 0 N–H and O–H groups in total. The van der Waals surface area contributed by atoms with Gasteiger partial charge < -0.3 is 4.74 Å². The maximum atomic E-state index is 12.8. The third-order valence-corrected chi connectivity index (χ3v) is 1.41. The minimum atomic E-state index is -1.25. The molecule has 0 atom stereocenters. The Kier molecular flexibility index (Phi) is 2.41. The molecule has 0 spiro atoms. The first-order chi connectivity index (χ1) is 6.06. The molecule has 4 nitrogen and oxygen atoms in total. The van der Waals surface area contributed by atoms with E-state index in [1.54, 1.807) is 0 Å². The number of rotatable bonds is 2. The van der Waals surface area contributed by atoms with Crippen molar-refractivity contribution in [3.05, 3.63) is 33.9 Å². The lowest BCUT2D eigenvalue weighted by molar-refractivity contribution is -0.390. The third kappa shape index (κ3) is 1.71. The average molecular weight is 189 g/mol. The molecule has 1 aromatic carbocycles. The van der Waals surface area contributed by atoms with Gasteiger partial charge in [0.15, 0.2) is 0 Å². The van der Waals surface area contributed by atoms with E-state index in [0.717, 1.165) is 12.1 Å². The van der Waals surface area contributed by atoms with Crippen LogP contribution in [-0.4, -0.2) is 12.0 Å². The summed E-state index contributed by atoms with van der Waals surface area (Å²) in [6.45, 7) is 0. The standard InChI is InChI=1S/C7H5F2NO3/c1-13-4-2-5(8)7(10(11)12)6(9)3-4/h2-3H,1H3. The summed E-state index contributed by atoms with van der Waals surface area (Å²) in [7, 11) is 1.21. The molecular formula is C7H5F2NO3. The van der Waals surface area contributed by atoms with Crippen LogP contribution in [0.3, 0.4) is 0 Å². The number of nitro groups is 1. The largest absolute Gasteiger partial charge is 0.497 e. The van der Waals surface area contributed by atoms with E-state index in [-0.39, 0.29) is 5.75 Å². The number of hydrogen-bond donors (Lipinski definition) is 0. The summed E-state index contributed by atoms with van der Waals surface area (Å²) < 4.78 is 30.1. The smallest absolute Gasteiger partial charge is 0.340 e. The highest BCUT2D eigenvalue weighted by Crippen LogP contribution is 2.26. The quantitative estimate of drug-likeness (QED) is 0.527. The number of ether oxygens (including phenoxy) is 1. The van der Waals surface area contributed by atoms with Crippen molar-refractivity contribution in [1.82, 2.24) is 0 Å². The van der Waals surface area contributed by atoms with Crippen LogP contribution in [0.15, 0.2) is 12.1 Å². The molecule has 0 saturated carbocycles. The predicted octanol–water partition coefficient (Wildman–Crippen LogP) is 1.88. The van der Waals surface area contributed by atoms with E-state index in [1.165, 1.54) is 7.11 Å². The molecule has 0 unspecified atom stereocenters. The van der Waals surface area contributed by atoms with Gasteiger partial charge in [-0.3, -0.25) is 10.1 Å². The molecule has 0 aliphatic heterocycles. The Morgan fingerprint density at radius 1 is 1.38 bits per heavy atom. The molecule has 0 aromatic heterocycles. The van der Waals surface area contributed by atoms with Gasteiger partial charge in [-0.25, -0.2) is 0 Å². The number of nitro benzene ring substituents is 1. The Labute approximate surface area is 71.9 Å². The fraction of sp³-hybridized carbons (Fsp3) is 0.143. The van der Waals surface area contributed by atoms with Gasteiger partial charge in [0.25, 0.3) is 0 Å². The fourth-order valence-corrected chi connectivity index (χ4v) is 0.835. The molecule has 0 saturated heterocycles. The second-order valence-electron chi connectivity index (χ2n) is 2.20. The van der Waals surface area contributed by atoms with Crippen LogP contribution in [0.2, 0.25) is 0 Å². The van der Waals surface area contributed by atoms with Crippen LogP contribution in [0.1, 0.15) is 0 Å². The molecule has 0 aliphatic rings. The highest BCUT2D eigenvalue weighted by molar-refractivity contribution is 5.39. The summed E-state index contributed by atoms with van der Waals surface area (Å²) in [6, 6.07) is 1.50. The Morgan fingerprint density at radius 2 is 1.85 bits per heavy atom. The van der Waals surface area contributed by atoms with E-state index in [0.29, 0.717) is 0 Å². The lowest BCUT2D eigenvalue weighted by Crippen LogP contribution is -1.97. The van der Waals surface area contributed by atoms with Crippen molar-refractivity contribution >= 4 is 5.69 Å². The highest BCUT2D eigenvalue weighted by atomic mass is 19.1. The zero-order chi connectivity index (χ0) is 10.0. The van der Waals surface area contributed by atoms with Crippen molar-refractivity contribution in [2.75, 3.05) is 7.11 Å². The van der Waals surface area contributed by atoms with E-state index in [2.05, 4.69) is 4.74 Å². The summed E-state index contributed by atoms with van der Waals surface area (Å²) in [6.07, 6.45) is 0. The van der Waals surface area contributed by atoms with Crippen molar-refractivity contribution in [2.45, 2.75) is 0 Å². The Balaban J connectivity index is 3.31. The molecule has 0 bridgehead atoms. The summed E-state index contributed by atoms with van der Waals surface area (Å²) in [4.78, 5) is 9.01. The van der Waals surface area contributed by atoms with Crippen LogP contribution < -0.4 is 4.74 Å². The zero-order valence-corrected chi connectivity index (χ0v) is 6.58. The number of halogens is 2. The SMILES string of the molecule is COc1cc(F)c([N+](=O)[O-])c(F)c1. The fourth-order valence-electron chi connectivity index (χ4n) is 0.835. The van der Waals surface area contributed by atoms with E-state index in [9.17, 15) is 18.9 Å². The van der Waals surface area contributed by atoms with Gasteiger partial charge in [0, 0.05) is 12.1 Å². The van der Waals surface area contributed by atoms with Gasteiger partial charge in [0.05, 0.1) is 12.0 Å². The molecule has 1 aromatic rings. The topological polar surface area (TPSA) is 52.4 Å². The second kappa shape index (κ2) is 3.34. The summed E-state index contributed by atoms with van der Waals surface area (Å²) in [5.41, 5.74) is -1.17. The molecule has 6 heteroatoms. The summed E-state index contributed by atoms with van der Waals surface area (Å²) in [5.74, 6) is -2.59. The first-order valence-corrected chi connectivity index (χ1v) is 3.23. The van der Waals surface area contributed by atoms with Crippen LogP contribution in [0.5, 0.6) is 5.75 Å². The van der Waals surface area contributed by atoms with Crippen LogP contribution in [0.25, 0.3) is 0 Å². The third-order valence-electron chi connectivity index (χ3n) is 1.41. The van der Waals surface area contributed by atoms with Crippen LogP contribution >= 0.6 is 0 Å². The number of benzene rings is 1. The average Bonchev–Trinajstić information content (AvgIpc) is 2.02. The van der Waals surface area contributed by atoms with Crippen LogP contribution in [-0.2, 0) is 0 Å². The van der Waals surface area contributed by atoms with Crippen molar-refractivity contribution in [3.63, 3.8) is 0 Å². The van der Waals surface area contributed by atoms with E-state index in [4.69, 9.17) is 0 Å². The Hall–Kier alpha value is -1.72. The van der Waals surface area contributed by atoms with Gasteiger partial charge in [-0.1, -0.05) is 0 Å². The monoisotopic (exact) mass is 189 g/mol. The molecule has 70 valence electrons. The van der Waals surface area contributed by atoms with Gasteiger partial charge >= 0.3 is 5.69 Å². The van der Waals surface area contributed by atoms with Crippen molar-refractivity contribution in [1.29, 1.82) is 0 Å². The lowest BCUT2D eigenvalue weighted by atomic mass is 10.3. The molecule has 1 rings (SSSR count). The Bertz CT molecular complexity index is 331. The van der Waals surface area contributed by atoms with Gasteiger partial charge in [-0.15, -0.1) is 0 Å². The highest BCUT2D eigenvalue weighted by Gasteiger charge is 2.21. The van der Waals surface area contributed by atoms with Crippen molar-refractivity contribution in [3.8, 4) is 5.75 Å². The van der Waals surface area contributed by atoms with Crippen molar-refractivity contribution < 1.29 is 18.4 Å². The molecule has 0 aliphatic carbocycles. The first-order valence-electron chi connectivity index (χ1n) is 3.23. The molecular weight excluding hydrogens is 184 g/mol. The maximum Gasteiger partial charge on any atom is 0.340 e. The van der Waals surface area contributed by atoms with Gasteiger partial charge in [0.2, 0.25) is 11.6 Å². The maximum absolute atomic E-state index is 12.8. The number of methoxy groups -OCH3 is 1. The zero-order valence-electron chi connectivity index (χ0n) is 6.58. The van der Waals surface area contributed by atoms with Gasteiger partial charge in [-0.2, -0.15) is 8.78 Å². The Morgan fingerprint density at radius 3 is 2.15 bits per heavy atom. The minimum Gasteiger partial charge on any atom is -0.497 e. The predicted molar refractivity (Wildman–Crippen MR) is 39.6 cm³/mol. The van der Waals surface area contributed by atoms with E-state index < -0.39 is 22.2 Å². The van der Waals surface area contributed by atoms with E-state index >= 15 is 0 Å². The van der Waals surface area contributed by atoms with Crippen LogP contribution in [0, 0.1) is 21.7 Å². The lowest BCUT2D eigenvalue weighted by Gasteiger charge is -2.00. The first kappa shape index (κ1) is 9.37. The minimum absolute atomic E-state index is 0.0967. The van der Waals surface area contributed by atoms with Gasteiger partial charge in [-0.05, 0) is 0 Å². The number of hydrogen-bond acceptors (Lipinski definition) is 3. The summed E-state index contributed by atoms with van der Waals surface area (Å²) >= 11 is 0. The van der Waals surface area contributed by atoms with E-state index in [1.807, 2.05) is 0 Å². The second-order valence-corrected chi connectivity index (χ2v) is 2.20. The normalized spacial score (nSPS) is 9.77. The molecule has 0 heterocycles. The van der Waals surface area contributed by atoms with Crippen molar-refractivity contribution in [2.24, 2.45) is 0 Å². The van der Waals surface area contributed by atoms with Gasteiger partial charge in [0.1, 0.15) is 5.75 Å². The molecule has 0 radical (unpaired) electrons. The number of nitrogens with zero attached hydrogens (tertiary/aromatic N) is 1. The molecule has 0 amide bonds. The molecule has 13 heavy (non-hydrogen) atoms. The van der Waals surface area contributed by atoms with Crippen LogP contribution in [0.4, 0.5) is 14.5 Å².